The molecule has 0 spiro atoms. The van der Waals surface area contributed by atoms with Gasteiger partial charge in [0.15, 0.2) is 0 Å². The molecule has 56 heavy (non-hydrogen) atoms. The number of rotatable bonds is 5. The van der Waals surface area contributed by atoms with Gasteiger partial charge in [-0.1, -0.05) is 107 Å². The Kier molecular flexibility index (Phi) is 9.18. The van der Waals surface area contributed by atoms with Crippen molar-refractivity contribution in [3.8, 4) is 5.69 Å². The summed E-state index contributed by atoms with van der Waals surface area (Å²) in [4.78, 5) is 0. The molecule has 2 heterocycles. The van der Waals surface area contributed by atoms with E-state index in [1.54, 1.807) is 27.7 Å². The first-order chi connectivity index (χ1) is 25.6. The lowest BCUT2D eigenvalue weighted by Crippen LogP contribution is -2.54. The van der Waals surface area contributed by atoms with Gasteiger partial charge in [0.2, 0.25) is 10.8 Å². The third-order valence-corrected chi connectivity index (χ3v) is 10.7. The number of nitrogens with zero attached hydrogens (tertiary/aromatic N) is 1. The quantitative estimate of drug-likeness (QED) is 0.175. The van der Waals surface area contributed by atoms with Gasteiger partial charge in [0.1, 0.15) is 0 Å². The van der Waals surface area contributed by atoms with Crippen LogP contribution in [0, 0.1) is 0 Å². The van der Waals surface area contributed by atoms with Gasteiger partial charge in [-0.3, -0.25) is 0 Å². The minimum atomic E-state index is -5.93. The van der Waals surface area contributed by atoms with E-state index >= 15 is 26.3 Å². The van der Waals surface area contributed by atoms with Crippen LogP contribution in [0.25, 0.3) is 35.3 Å². The van der Waals surface area contributed by atoms with Crippen LogP contribution in [0.4, 0.5) is 52.7 Å². The smallest absolute Gasteiger partial charge is 0.378 e. The van der Waals surface area contributed by atoms with Crippen LogP contribution in [-0.2, 0) is 16.2 Å². The van der Waals surface area contributed by atoms with E-state index in [0.29, 0.717) is 41.1 Å². The highest BCUT2D eigenvalue weighted by atomic mass is 19.4. The van der Waals surface area contributed by atoms with Gasteiger partial charge in [0, 0.05) is 44.5 Å². The Labute approximate surface area is 313 Å². The molecule has 0 radical (unpaired) electrons. The second-order valence-corrected chi connectivity index (χ2v) is 15.0. The monoisotopic (exact) mass is 794 g/mol. The number of alkyl halides is 12. The van der Waals surface area contributed by atoms with Gasteiger partial charge >= 0.3 is 24.7 Å². The molecule has 1 atom stereocenters. The van der Waals surface area contributed by atoms with E-state index in [4.69, 9.17) is 0 Å². The minimum Gasteiger partial charge on any atom is -0.378 e. The molecule has 5 aromatic rings. The Morgan fingerprint density at radius 3 is 1.38 bits per heavy atom. The summed E-state index contributed by atoms with van der Waals surface area (Å²) in [6.07, 6.45) is -23.6. The van der Waals surface area contributed by atoms with E-state index in [9.17, 15) is 26.3 Å². The van der Waals surface area contributed by atoms with E-state index in [1.807, 2.05) is 0 Å². The predicted molar refractivity (Wildman–Crippen MR) is 192 cm³/mol. The standard InChI is InChI=1S/C42H34F12N2/c1-22-32-18-14-29(20-34(32)23(2)55-22)38(41(49,50)51,42(52,53)54)30-15-19-33-24(3)56(25(4)35(33)21-30)31-16-12-28(13-17-31)37(39(43,44)45,40(46,47)48)27-10-8-26(9-11-27)36(5,6)7/h8-21,23,55H,1,3-4H2,2,5-7H3. The highest BCUT2D eigenvalue weighted by Gasteiger charge is 2.73. The third-order valence-electron chi connectivity index (χ3n) is 10.7. The fourth-order valence-electron chi connectivity index (χ4n) is 7.87. The van der Waals surface area contributed by atoms with Crippen molar-refractivity contribution in [3.05, 3.63) is 141 Å². The van der Waals surface area contributed by atoms with E-state index in [1.165, 1.54) is 12.1 Å². The average Bonchev–Trinajstić information content (AvgIpc) is 3.48. The van der Waals surface area contributed by atoms with Gasteiger partial charge in [-0.25, -0.2) is 0 Å². The van der Waals surface area contributed by atoms with Crippen molar-refractivity contribution >= 4 is 29.6 Å². The lowest BCUT2D eigenvalue weighted by Gasteiger charge is -2.38. The Hall–Kier alpha value is -5.14. The highest BCUT2D eigenvalue weighted by Crippen LogP contribution is 2.58. The maximum Gasteiger partial charge on any atom is 0.411 e. The summed E-state index contributed by atoms with van der Waals surface area (Å²) in [6, 6.07) is 11.5. The Balaban J connectivity index is 1.53. The number of hydrogen-bond acceptors (Lipinski definition) is 1. The van der Waals surface area contributed by atoms with Crippen LogP contribution in [0.15, 0.2) is 91.5 Å². The highest BCUT2D eigenvalue weighted by molar-refractivity contribution is 5.86. The Morgan fingerprint density at radius 2 is 0.893 bits per heavy atom. The topological polar surface area (TPSA) is 17.0 Å². The molecule has 14 heteroatoms. The molecular weight excluding hydrogens is 760 g/mol. The lowest BCUT2D eigenvalue weighted by molar-refractivity contribution is -0.290. The molecule has 1 N–H and O–H groups in total. The van der Waals surface area contributed by atoms with Crippen LogP contribution >= 0.6 is 0 Å². The van der Waals surface area contributed by atoms with Gasteiger partial charge in [-0.15, -0.1) is 0 Å². The van der Waals surface area contributed by atoms with Gasteiger partial charge < -0.3 is 9.88 Å². The van der Waals surface area contributed by atoms with Gasteiger partial charge in [-0.2, -0.15) is 52.7 Å². The van der Waals surface area contributed by atoms with Crippen molar-refractivity contribution < 1.29 is 52.7 Å². The molecule has 0 saturated carbocycles. The van der Waals surface area contributed by atoms with E-state index in [0.717, 1.165) is 53.1 Å². The molecule has 0 fully saturated rings. The van der Waals surface area contributed by atoms with Crippen molar-refractivity contribution in [2.75, 3.05) is 0 Å². The molecule has 0 aliphatic carbocycles. The first-order valence-corrected chi connectivity index (χ1v) is 17.0. The predicted octanol–water partition coefficient (Wildman–Crippen LogP) is 11.2. The van der Waals surface area contributed by atoms with Crippen LogP contribution in [0.3, 0.4) is 0 Å². The number of fused-ring (bicyclic) bond motifs is 2. The van der Waals surface area contributed by atoms with Gasteiger partial charge in [0.05, 0.1) is 0 Å². The normalized spacial score (nSPS) is 16.0. The number of nitrogens with one attached hydrogen (secondary N) is 1. The molecule has 1 aliphatic heterocycles. The van der Waals surface area contributed by atoms with Gasteiger partial charge in [0.25, 0.3) is 0 Å². The molecule has 1 aromatic heterocycles. The van der Waals surface area contributed by atoms with Crippen LogP contribution in [0.1, 0.15) is 72.7 Å². The Bertz CT molecular complexity index is 2410. The van der Waals surface area contributed by atoms with E-state index < -0.39 is 69.2 Å². The van der Waals surface area contributed by atoms with Crippen molar-refractivity contribution in [3.63, 3.8) is 0 Å². The van der Waals surface area contributed by atoms with Crippen molar-refractivity contribution in [2.45, 2.75) is 74.7 Å². The number of aromatic nitrogens is 1. The summed E-state index contributed by atoms with van der Waals surface area (Å²) in [5, 5.41) is 2.47. The van der Waals surface area contributed by atoms with Crippen LogP contribution in [0.5, 0.6) is 0 Å². The van der Waals surface area contributed by atoms with Crippen LogP contribution in [0.2, 0.25) is 0 Å². The second kappa shape index (κ2) is 12.7. The zero-order valence-electron chi connectivity index (χ0n) is 30.3. The van der Waals surface area contributed by atoms with E-state index in [-0.39, 0.29) is 32.7 Å². The molecule has 1 aliphatic rings. The summed E-state index contributed by atoms with van der Waals surface area (Å²) < 4.78 is 181. The summed E-state index contributed by atoms with van der Waals surface area (Å²) in [6.45, 7) is 18.3. The van der Waals surface area contributed by atoms with E-state index in [2.05, 4.69) is 25.1 Å². The molecule has 1 unspecified atom stereocenters. The van der Waals surface area contributed by atoms with Gasteiger partial charge in [-0.05, 0) is 63.9 Å². The third kappa shape index (κ3) is 5.80. The fourth-order valence-corrected chi connectivity index (χ4v) is 7.87. The molecule has 2 nitrogen and oxygen atoms in total. The molecule has 6 rings (SSSR count). The molecular formula is C42H34F12N2. The fraction of sp³-hybridized carbons (Fsp3) is 0.286. The van der Waals surface area contributed by atoms with Crippen molar-refractivity contribution in [1.82, 2.24) is 9.88 Å². The summed E-state index contributed by atoms with van der Waals surface area (Å²) >= 11 is 0. The largest absolute Gasteiger partial charge is 0.411 e. The van der Waals surface area contributed by atoms with Crippen LogP contribution < -0.4 is 16.0 Å². The second-order valence-electron chi connectivity index (χ2n) is 15.0. The molecule has 0 amide bonds. The first kappa shape index (κ1) is 40.5. The number of halogens is 12. The Morgan fingerprint density at radius 1 is 0.500 bits per heavy atom. The number of hydrogen-bond donors (Lipinski definition) is 1. The SMILES string of the molecule is C=C1NC(C)c2cc(C(c3ccc4c(=C)n(-c5ccc(C(c6ccc(C(C)(C)C)cc6)(C(F)(F)F)C(F)(F)F)cc5)c(=C)c4c3)(C(F)(F)F)C(F)(F)F)ccc21. The average molecular weight is 795 g/mol. The number of benzene rings is 4. The molecule has 296 valence electrons. The summed E-state index contributed by atoms with van der Waals surface area (Å²) in [7, 11) is 0. The van der Waals surface area contributed by atoms with Crippen molar-refractivity contribution in [1.29, 1.82) is 0 Å². The maximum absolute atomic E-state index is 15.2. The summed E-state index contributed by atoms with van der Waals surface area (Å²) in [5.41, 5.74) is -12.9. The zero-order valence-corrected chi connectivity index (χ0v) is 30.3. The molecule has 0 bridgehead atoms. The molecule has 4 aromatic carbocycles. The zero-order chi connectivity index (χ0) is 41.8. The lowest BCUT2D eigenvalue weighted by atomic mass is 9.71. The minimum absolute atomic E-state index is 0.0412. The van der Waals surface area contributed by atoms with Crippen molar-refractivity contribution in [2.24, 2.45) is 0 Å². The maximum atomic E-state index is 15.2. The van der Waals surface area contributed by atoms with Crippen LogP contribution in [-0.4, -0.2) is 29.3 Å². The molecule has 0 saturated heterocycles. The first-order valence-electron chi connectivity index (χ1n) is 17.0. The summed E-state index contributed by atoms with van der Waals surface area (Å²) in [5.74, 6) is 0.